The molecule has 2 aromatic carbocycles. The molecule has 1 N–H and O–H groups in total. The van der Waals surface area contributed by atoms with Crippen molar-refractivity contribution < 1.29 is 61.3 Å². The molecule has 94 heavy (non-hydrogen) atoms. The number of carboxylic acid groups (broad SMARTS) is 1. The molecule has 16 nitrogen and oxygen atoms in total. The van der Waals surface area contributed by atoms with Gasteiger partial charge in [0.2, 0.25) is 0 Å². The molecule has 4 aliphatic heterocycles. The predicted molar refractivity (Wildman–Crippen MR) is 750 cm³/mol. The number of urea groups is 2. The van der Waals surface area contributed by atoms with Crippen molar-refractivity contribution in [3.05, 3.63) is 71.8 Å². The number of aliphatic carboxylic acids is 1. The van der Waals surface area contributed by atoms with E-state index in [2.05, 4.69) is 410 Å². The molecule has 6 rings (SSSR count). The molecule has 0 spiro atoms. The molecule has 4 aliphatic rings. The fourth-order valence-electron chi connectivity index (χ4n) is 7.58. The van der Waals surface area contributed by atoms with Crippen molar-refractivity contribution in [1.82, 2.24) is 29.4 Å². The molecule has 0 unspecified atom stereocenters. The van der Waals surface area contributed by atoms with Crippen LogP contribution < -0.4 is 13.3 Å². The van der Waals surface area contributed by atoms with E-state index in [4.69, 9.17) is 14.2 Å². The Balaban J connectivity index is 0.000000330. The minimum atomic E-state index is -0.993. The van der Waals surface area contributed by atoms with E-state index in [9.17, 15) is 33.9 Å². The molecule has 2 atom stereocenters. The van der Waals surface area contributed by atoms with Crippen LogP contribution in [-0.4, -0.2) is 155 Å². The summed E-state index contributed by atoms with van der Waals surface area (Å²) < 4.78 is 15.5. The number of hydrogen-bond acceptors (Lipinski definition) is 9. The van der Waals surface area contributed by atoms with Crippen LogP contribution in [0.2, 0.25) is 0 Å². The van der Waals surface area contributed by atoms with Crippen LogP contribution in [-0.2, 0) is 37.0 Å². The van der Waals surface area contributed by atoms with E-state index in [-0.39, 0.29) is 103 Å². The Morgan fingerprint density at radius 3 is 1.01 bits per heavy atom. The van der Waals surface area contributed by atoms with Crippen molar-refractivity contribution in [2.75, 3.05) is 60.5 Å². The first kappa shape index (κ1) is 113. The number of esters is 1. The van der Waals surface area contributed by atoms with Crippen LogP contribution in [0.15, 0.2) is 60.7 Å². The molecule has 57 heteroatoms. The average molecular weight is 5940 g/mol. The summed E-state index contributed by atoms with van der Waals surface area (Å²) in [6.45, 7) is 2.82. The van der Waals surface area contributed by atoms with Crippen LogP contribution in [0.4, 0.5) is 19.2 Å². The maximum atomic E-state index is 12.4. The van der Waals surface area contributed by atoms with Crippen molar-refractivity contribution >= 4 is 588 Å². The molecule has 0 bridgehead atoms. The second-order valence-corrected chi connectivity index (χ2v) is 910. The number of amides is 6. The fourth-order valence-corrected chi connectivity index (χ4v) is 6080. The number of benzene rings is 2. The number of hydrogen-bond donors (Lipinski definition) is 1. The number of methoxy groups -OCH3 is 1. The monoisotopic (exact) mass is 5940 g/mol. The van der Waals surface area contributed by atoms with Gasteiger partial charge in [0, 0.05) is 52.4 Å². The first-order valence-electron chi connectivity index (χ1n) is 23.3. The van der Waals surface area contributed by atoms with E-state index in [1.54, 1.807) is 28.8 Å². The van der Waals surface area contributed by atoms with Crippen LogP contribution in [0.3, 0.4) is 0 Å². The molecule has 0 aliphatic carbocycles. The number of carbonyl (C=O) groups excluding carboxylic acids is 5. The zero-order chi connectivity index (χ0) is 71.2. The average Bonchev–Trinajstić information content (AvgIpc) is 1.64. The number of carbonyl (C=O) groups is 6. The number of carboxylic acids is 1. The van der Waals surface area contributed by atoms with Crippen molar-refractivity contribution in [3.63, 3.8) is 0 Å². The second-order valence-electron chi connectivity index (χ2n) is 16.5. The number of piperidine rings is 2. The van der Waals surface area contributed by atoms with Gasteiger partial charge in [0.25, 0.3) is 0 Å². The van der Waals surface area contributed by atoms with Crippen LogP contribution in [0, 0.1) is 0 Å². The molecular formula is C37H48I41N6O10-. The van der Waals surface area contributed by atoms with Crippen LogP contribution in [0.25, 0.3) is 0 Å². The summed E-state index contributed by atoms with van der Waals surface area (Å²) in [6.07, 6.45) is 1.56. The van der Waals surface area contributed by atoms with Gasteiger partial charge in [-0.25, -0.2) is 28.8 Å². The molecule has 4 saturated heterocycles. The summed E-state index contributed by atoms with van der Waals surface area (Å²) in [4.78, 5) is 82.0. The second kappa shape index (κ2) is 63.4. The Bertz CT molecular complexity index is 2610. The quantitative estimate of drug-likeness (QED) is 0.0573. The number of likely N-dealkylation sites (tertiary alicyclic amines) is 2. The molecule has 0 saturated carbocycles. The molecule has 4 fully saturated rings. The third-order valence-electron chi connectivity index (χ3n) is 11.4. The van der Waals surface area contributed by atoms with Crippen molar-refractivity contribution in [3.8, 4) is 0 Å². The normalized spacial score (nSPS) is 19.6. The van der Waals surface area contributed by atoms with Crippen molar-refractivity contribution in [2.45, 2.75) is 63.1 Å². The van der Waals surface area contributed by atoms with Gasteiger partial charge in [-0.2, -0.15) is 0 Å². The van der Waals surface area contributed by atoms with E-state index >= 15 is 0 Å². The third kappa shape index (κ3) is 41.0. The summed E-state index contributed by atoms with van der Waals surface area (Å²) in [6, 6.07) is 16.9. The molecule has 6 amide bonds. The van der Waals surface area contributed by atoms with Crippen LogP contribution >= 0.6 is 552 Å². The Labute approximate surface area is 839 Å². The molecule has 0 radical (unpaired) electrons. The molecule has 2 aromatic rings. The molecule has 574 valence electrons. The Morgan fingerprint density at radius 2 is 0.734 bits per heavy atom. The van der Waals surface area contributed by atoms with Gasteiger partial charge in [0.15, 0.2) is 0 Å². The van der Waals surface area contributed by atoms with E-state index in [1.807, 2.05) is 60.7 Å². The zero-order valence-electron chi connectivity index (χ0n) is 45.9. The van der Waals surface area contributed by atoms with Gasteiger partial charge in [-0.05, 0) is 36.8 Å². The van der Waals surface area contributed by atoms with Gasteiger partial charge in [0.05, 0.1) is 20.2 Å². The van der Waals surface area contributed by atoms with Gasteiger partial charge in [0.1, 0.15) is 25.3 Å². The number of rotatable bonds is 25. The van der Waals surface area contributed by atoms with Crippen molar-refractivity contribution in [1.29, 1.82) is 0 Å². The number of ether oxygens (including phenoxy) is 3. The van der Waals surface area contributed by atoms with Gasteiger partial charge in [-0.1, -0.05) is 60.7 Å². The van der Waals surface area contributed by atoms with E-state index in [1.165, 1.54) is 21.8 Å². The molecular weight excluding hydrogens is 5890 g/mol. The molecule has 0 aromatic heterocycles. The summed E-state index contributed by atoms with van der Waals surface area (Å²) in [5.74, 6) is -1.40. The Morgan fingerprint density at radius 1 is 0.457 bits per heavy atom. The fraction of sp³-hybridized carbons (Fsp3) is 0.514. The van der Waals surface area contributed by atoms with Gasteiger partial charge >= 0.3 is 601 Å². The van der Waals surface area contributed by atoms with E-state index in [0.717, 1.165) is 11.1 Å². The predicted octanol–water partition coefficient (Wildman–Crippen LogP) is 35.7. The summed E-state index contributed by atoms with van der Waals surface area (Å²) in [7, 11) is -2.56. The first-order chi connectivity index (χ1) is 44.0. The van der Waals surface area contributed by atoms with E-state index < -0.39 is 119 Å². The van der Waals surface area contributed by atoms with Crippen molar-refractivity contribution in [2.24, 2.45) is 0 Å². The number of halogens is 41. The third-order valence-corrected chi connectivity index (χ3v) is 2740. The maximum absolute atomic E-state index is 12.4. The number of likely N-dealkylation sites (N-methyl/N-ethyl adjacent to an activating group) is 2. The molecule has 4 heterocycles. The van der Waals surface area contributed by atoms with Gasteiger partial charge < -0.3 is 48.7 Å². The van der Waals surface area contributed by atoms with Gasteiger partial charge in [-0.3, -0.25) is 0 Å². The number of nitrogens with zero attached hydrogens (tertiary/aromatic N) is 6. The summed E-state index contributed by atoms with van der Waals surface area (Å²) in [5.41, 5.74) is 1.86. The van der Waals surface area contributed by atoms with Gasteiger partial charge in [-0.15, -0.1) is 0 Å². The summed E-state index contributed by atoms with van der Waals surface area (Å²) >= 11 is 67.6. The standard InChI is InChI=1S/C19H25N3O5.C18H23N3O5.I21.I20/c1-20-12-16(17(23)26-2)22(18(20)24)15-8-10-21(11-9-15)19(25)27-13-14-6-4-3-5-7-14;1-19-11-15(16(22)23)21(17(19)24)14-7-9-20(10-8-14)18(25)26-12-13-5-3-2-4-6-13;1-12-14(4)16(6)18(8)20(10)21(11)19(9)17(7)15(5)13(2)3;1-12(2)14(5)16(7)18(9)20(11)19(10)17(8)15(6)13(3)4/h3-7,15-16H,8-13H2,1-2H3;2-6,14-15H,7-12H2,1H3,(H,22,23);;/q;;-1;/t16-;15-;;/m11../s1. The Hall–Kier alpha value is 24.4. The SMILES string of the molecule is CN1C[C@H](C(=O)O)N(C2CCN(C(=O)OCc3ccccc3)CC2)C1=O.COC(=O)[C@H]1CN(C)C(=O)N1C1CCN(C(=O)OCc2ccccc2)CC1.II(I)I(I)I(I)I(I)I(I)I(I)I(I)I(I)I(I)I.I[I-]I(I)I(I)I(I)I(I)I(I)I(I)I(I)I(I)I(I)I. The topological polar surface area (TPSA) is 170 Å². The zero-order valence-corrected chi connectivity index (χ0v) is 134. The minimum absolute atomic E-state index is 0.0928. The Kier molecular flexibility index (Phi) is 75.9. The first-order valence-corrected chi connectivity index (χ1v) is 268. The van der Waals surface area contributed by atoms with E-state index in [0.29, 0.717) is 71.7 Å². The van der Waals surface area contributed by atoms with Crippen LogP contribution in [0.5, 0.6) is 0 Å². The van der Waals surface area contributed by atoms with Crippen LogP contribution in [0.1, 0.15) is 36.8 Å². The summed E-state index contributed by atoms with van der Waals surface area (Å²) in [5, 5.41) is 9.36.